The van der Waals surface area contributed by atoms with Crippen LogP contribution in [0.2, 0.25) is 0 Å². The monoisotopic (exact) mass is 1300 g/mol. The lowest BCUT2D eigenvalue weighted by atomic mass is 9.91. The van der Waals surface area contributed by atoms with E-state index in [0.29, 0.717) is 93.2 Å². The van der Waals surface area contributed by atoms with Crippen molar-refractivity contribution >= 4 is 136 Å². The number of fused-ring (bicyclic) bond motifs is 16. The van der Waals surface area contributed by atoms with E-state index in [-0.39, 0.29) is 75.6 Å². The minimum Gasteiger partial charge on any atom is -0.469 e. The summed E-state index contributed by atoms with van der Waals surface area (Å²) in [4.78, 5) is 115. The number of aromatic amines is 4. The molecular weight excluding hydrogens is 1220 g/mol. The number of aromatic nitrogens is 8. The van der Waals surface area contributed by atoms with Crippen LogP contribution in [0.15, 0.2) is 72.8 Å². The first kappa shape index (κ1) is 68.4. The van der Waals surface area contributed by atoms with Gasteiger partial charge in [-0.1, -0.05) is 0 Å². The molecule has 4 N–H and O–H groups in total. The van der Waals surface area contributed by atoms with Gasteiger partial charge < -0.3 is 48.4 Å². The Kier molecular flexibility index (Phi) is 21.0. The average Bonchev–Trinajstić information content (AvgIpc) is 1.62. The number of methoxy groups -OCH3 is 4. The molecule has 16 bridgehead atoms. The Morgan fingerprint density at radius 1 is 0.354 bits per heavy atom. The van der Waals surface area contributed by atoms with Crippen LogP contribution in [0.3, 0.4) is 0 Å². The molecule has 0 aromatic carbocycles. The van der Waals surface area contributed by atoms with Gasteiger partial charge in [0.05, 0.1) is 87.2 Å². The number of ether oxygens (including phenoxy) is 6. The molecule has 0 radical (unpaired) electrons. The van der Waals surface area contributed by atoms with Gasteiger partial charge in [0.2, 0.25) is 0 Å². The molecule has 10 rings (SSSR count). The molecule has 0 saturated carbocycles. The van der Waals surface area contributed by atoms with Crippen molar-refractivity contribution in [2.24, 2.45) is 0 Å². The predicted molar refractivity (Wildman–Crippen MR) is 374 cm³/mol. The molecule has 20 nitrogen and oxygen atoms in total. The summed E-state index contributed by atoms with van der Waals surface area (Å²) in [5.74, 6) is -2.61. The largest absolute Gasteiger partial charge is 0.469 e. The minimum absolute atomic E-state index is 0.0831. The van der Waals surface area contributed by atoms with Crippen molar-refractivity contribution in [3.63, 3.8) is 0 Å². The summed E-state index contributed by atoms with van der Waals surface area (Å²) >= 11 is 0. The highest BCUT2D eigenvalue weighted by Crippen LogP contribution is 2.43. The van der Waals surface area contributed by atoms with E-state index in [1.165, 1.54) is 40.6 Å². The fourth-order valence-corrected chi connectivity index (χ4v) is 13.0. The Labute approximate surface area is 557 Å². The van der Waals surface area contributed by atoms with Crippen molar-refractivity contribution < 1.29 is 57.2 Å². The van der Waals surface area contributed by atoms with Crippen LogP contribution in [-0.4, -0.2) is 117 Å². The molecule has 96 heavy (non-hydrogen) atoms. The van der Waals surface area contributed by atoms with Gasteiger partial charge in [-0.2, -0.15) is 0 Å². The molecule has 498 valence electrons. The molecule has 4 aliphatic rings. The van der Waals surface area contributed by atoms with Gasteiger partial charge in [-0.15, -0.1) is 0 Å². The van der Waals surface area contributed by atoms with E-state index in [0.717, 1.165) is 111 Å². The van der Waals surface area contributed by atoms with Gasteiger partial charge in [-0.05, 0) is 246 Å². The van der Waals surface area contributed by atoms with Crippen LogP contribution in [-0.2, 0) is 57.2 Å². The highest BCUT2D eigenvalue weighted by Gasteiger charge is 2.27. The van der Waals surface area contributed by atoms with Crippen LogP contribution in [0, 0.1) is 27.7 Å². The zero-order chi connectivity index (χ0) is 68.8. The number of aryl methyl sites for hydroxylation is 4. The highest BCUT2D eigenvalue weighted by atomic mass is 16.5. The van der Waals surface area contributed by atoms with E-state index in [1.807, 2.05) is 104 Å². The molecule has 6 aromatic rings. The third-order valence-corrected chi connectivity index (χ3v) is 18.3. The SMILES string of the molecule is CCOC(=O)/C=C(/CC/C(=C/C(=O)OCC)c1c(C)c2cc3cc(C)c(cc4nc(cc5nc(cc1[nH]2)C(C)=C5CCC(=O)OC)C(CCC(=O)OC)=C4C)[nH]3)c1c(C)c2cc3cc(C)c(cc4nc(cc5nc(cc1[nH]2)C(C)=C5CCC(=O)OC)C(CCC(=O)OC)=C4C)[nH]3. The van der Waals surface area contributed by atoms with Crippen molar-refractivity contribution in [2.45, 2.75) is 133 Å². The Morgan fingerprint density at radius 3 is 0.927 bits per heavy atom. The maximum atomic E-state index is 14.2. The van der Waals surface area contributed by atoms with Crippen LogP contribution in [0.25, 0.3) is 99.9 Å². The molecular formula is C76H82N8O12. The maximum absolute atomic E-state index is 14.2. The average molecular weight is 1300 g/mol. The Bertz CT molecular complexity index is 4480. The molecule has 20 heteroatoms. The van der Waals surface area contributed by atoms with Gasteiger partial charge in [0.25, 0.3) is 0 Å². The van der Waals surface area contributed by atoms with Gasteiger partial charge in [0.15, 0.2) is 0 Å². The summed E-state index contributed by atoms with van der Waals surface area (Å²) in [6.07, 6.45) is 5.18. The molecule has 0 aliphatic carbocycles. The molecule has 0 fully saturated rings. The van der Waals surface area contributed by atoms with Crippen molar-refractivity contribution in [3.8, 4) is 0 Å². The number of carbonyl (C=O) groups is 6. The van der Waals surface area contributed by atoms with Gasteiger partial charge in [0, 0.05) is 93.1 Å². The number of hydrogen-bond donors (Lipinski definition) is 4. The highest BCUT2D eigenvalue weighted by molar-refractivity contribution is 6.03. The summed E-state index contributed by atoms with van der Waals surface area (Å²) in [7, 11) is 5.46. The summed E-state index contributed by atoms with van der Waals surface area (Å²) in [5.41, 5.74) is 23.9. The Balaban J connectivity index is 1.21. The first-order valence-electron chi connectivity index (χ1n) is 32.3. The van der Waals surface area contributed by atoms with E-state index < -0.39 is 11.9 Å². The Morgan fingerprint density at radius 2 is 0.646 bits per heavy atom. The number of carbonyl (C=O) groups excluding carboxylic acids is 6. The van der Waals surface area contributed by atoms with Crippen molar-refractivity contribution in [3.05, 3.63) is 152 Å². The molecule has 0 unspecified atom stereocenters. The number of esters is 6. The molecule has 0 atom stereocenters. The lowest BCUT2D eigenvalue weighted by Gasteiger charge is -2.13. The number of allylic oxidation sites excluding steroid dienone is 10. The van der Waals surface area contributed by atoms with E-state index in [9.17, 15) is 28.8 Å². The standard InChI is InChI=1S/C76H82N8O12/c1-15-95-73(89)29-47(75-45(9)57-31-49-27-39(3)55(77-49)33-59-41(5)51(19-23-69(85)91-11)63(79-59)37-65-53(21-25-71(87)93-13)43(7)61(81-65)35-67(75)83-57)17-18-48(30-74(90)96-16-2)76-46(10)58-32-50-28-40(4)56(78-50)34-60-42(6)52(20-24-70(86)92-12)64(80-60)38-66-54(22-26-72(88)94-14)44(8)62(82-66)36-68(76)84-58/h27-38,77-78,83-84H,15-26H2,1-14H3/b47-29-,48-30-,49-31?,50-32?,55-33?,56-34?,57-31?,58-32?,59-33?,60-34?,61-35?,62-36?,63-37?,64-38?,65-37?,66-38?,67-35?,68-36?. The van der Waals surface area contributed by atoms with Gasteiger partial charge in [-0.25, -0.2) is 29.5 Å². The maximum Gasteiger partial charge on any atom is 0.331 e. The smallest absolute Gasteiger partial charge is 0.331 e. The van der Waals surface area contributed by atoms with Gasteiger partial charge in [-0.3, -0.25) is 19.2 Å². The van der Waals surface area contributed by atoms with Crippen LogP contribution in [0.5, 0.6) is 0 Å². The first-order valence-corrected chi connectivity index (χ1v) is 32.3. The van der Waals surface area contributed by atoms with E-state index in [4.69, 9.17) is 48.4 Å². The van der Waals surface area contributed by atoms with Crippen LogP contribution in [0.1, 0.15) is 185 Å². The second-order valence-electron chi connectivity index (χ2n) is 24.3. The summed E-state index contributed by atoms with van der Waals surface area (Å²) in [5, 5.41) is 0. The summed E-state index contributed by atoms with van der Waals surface area (Å²) < 4.78 is 31.8. The van der Waals surface area contributed by atoms with Crippen molar-refractivity contribution in [1.82, 2.24) is 39.9 Å². The zero-order valence-electron chi connectivity index (χ0n) is 57.1. The van der Waals surface area contributed by atoms with Crippen molar-refractivity contribution in [2.75, 3.05) is 41.7 Å². The Hall–Kier alpha value is -10.5. The van der Waals surface area contributed by atoms with Crippen molar-refractivity contribution in [1.29, 1.82) is 0 Å². The molecule has 4 aliphatic heterocycles. The predicted octanol–water partition coefficient (Wildman–Crippen LogP) is 15.1. The third kappa shape index (κ3) is 14.7. The van der Waals surface area contributed by atoms with Gasteiger partial charge in [0.1, 0.15) is 0 Å². The normalized spacial score (nSPS) is 13.4. The number of hydrogen-bond acceptors (Lipinski definition) is 16. The van der Waals surface area contributed by atoms with Crippen LogP contribution in [0.4, 0.5) is 0 Å². The summed E-state index contributed by atoms with van der Waals surface area (Å²) in [6.45, 7) is 19.7. The lowest BCUT2D eigenvalue weighted by Crippen LogP contribution is -2.03. The number of nitrogens with one attached hydrogen (secondary N) is 4. The molecule has 0 amide bonds. The third-order valence-electron chi connectivity index (χ3n) is 18.3. The number of H-pyrrole nitrogens is 4. The zero-order valence-corrected chi connectivity index (χ0v) is 57.1. The molecule has 6 aromatic heterocycles. The molecule has 0 saturated heterocycles. The summed E-state index contributed by atoms with van der Waals surface area (Å²) in [6, 6.07) is 19.9. The second kappa shape index (κ2) is 29.4. The molecule has 10 heterocycles. The van der Waals surface area contributed by atoms with Crippen LogP contribution >= 0.6 is 0 Å². The fourth-order valence-electron chi connectivity index (χ4n) is 13.0. The van der Waals surface area contributed by atoms with Gasteiger partial charge >= 0.3 is 35.8 Å². The quantitative estimate of drug-likeness (QED) is 0.0296. The number of nitrogens with zero attached hydrogens (tertiary/aromatic N) is 4. The first-order chi connectivity index (χ1) is 46.0. The number of rotatable bonds is 21. The fraction of sp³-hybridized carbons (Fsp3) is 0.342. The van der Waals surface area contributed by atoms with E-state index in [1.54, 1.807) is 13.8 Å². The lowest BCUT2D eigenvalue weighted by molar-refractivity contribution is -0.141. The second-order valence-corrected chi connectivity index (χ2v) is 24.3. The van der Waals surface area contributed by atoms with E-state index >= 15 is 0 Å². The minimum atomic E-state index is -0.568. The van der Waals surface area contributed by atoms with Crippen LogP contribution < -0.4 is 0 Å². The molecule has 0 spiro atoms. The topological polar surface area (TPSA) is 273 Å². The van der Waals surface area contributed by atoms with E-state index in [2.05, 4.69) is 32.1 Å².